The number of carboxylic acid groups (broad SMARTS) is 1. The summed E-state index contributed by atoms with van der Waals surface area (Å²) >= 11 is 0. The van der Waals surface area contributed by atoms with Crippen molar-refractivity contribution in [3.05, 3.63) is 23.5 Å². The van der Waals surface area contributed by atoms with Crippen LogP contribution in [0, 0.1) is 5.92 Å². The molecule has 1 N–H and O–H groups in total. The van der Waals surface area contributed by atoms with E-state index in [0.29, 0.717) is 6.54 Å². The average Bonchev–Trinajstić information content (AvgIpc) is 2.45. The fourth-order valence-corrected chi connectivity index (χ4v) is 1.43. The third-order valence-electron chi connectivity index (χ3n) is 1.99. The van der Waals surface area contributed by atoms with Crippen LogP contribution in [0.1, 0.15) is 29.8 Å². The molecule has 6 heteroatoms. The van der Waals surface area contributed by atoms with E-state index in [1.807, 2.05) is 13.8 Å². The molecule has 16 heavy (non-hydrogen) atoms. The van der Waals surface area contributed by atoms with Crippen molar-refractivity contribution in [3.8, 4) is 0 Å². The second-order valence-electron chi connectivity index (χ2n) is 3.98. The molecular formula is C10H12F3NO2. The Balaban J connectivity index is 3.16. The normalized spacial score (nSPS) is 12.1. The molecule has 0 aromatic carbocycles. The molecular weight excluding hydrogens is 223 g/mol. The van der Waals surface area contributed by atoms with Gasteiger partial charge < -0.3 is 9.67 Å². The van der Waals surface area contributed by atoms with Crippen LogP contribution in [0.4, 0.5) is 13.2 Å². The Bertz CT molecular complexity index is 393. The minimum absolute atomic E-state index is 0.148. The number of nitrogens with zero attached hydrogens (tertiary/aromatic N) is 1. The predicted octanol–water partition coefficient (Wildman–Crippen LogP) is 2.86. The van der Waals surface area contributed by atoms with Crippen molar-refractivity contribution in [2.45, 2.75) is 26.6 Å². The molecule has 0 aliphatic carbocycles. The Hall–Kier alpha value is -1.46. The molecule has 0 fully saturated rings. The zero-order valence-electron chi connectivity index (χ0n) is 8.88. The van der Waals surface area contributed by atoms with Crippen molar-refractivity contribution in [1.82, 2.24) is 4.57 Å². The molecule has 1 aromatic heterocycles. The second-order valence-corrected chi connectivity index (χ2v) is 3.98. The second kappa shape index (κ2) is 4.19. The third kappa shape index (κ3) is 2.77. The fraction of sp³-hybridized carbons (Fsp3) is 0.500. The topological polar surface area (TPSA) is 42.2 Å². The maximum Gasteiger partial charge on any atom is 0.418 e. The van der Waals surface area contributed by atoms with Gasteiger partial charge in [0.05, 0.1) is 11.1 Å². The highest BCUT2D eigenvalue weighted by Gasteiger charge is 2.36. The van der Waals surface area contributed by atoms with Gasteiger partial charge in [-0.3, -0.25) is 0 Å². The Morgan fingerprint density at radius 1 is 1.44 bits per heavy atom. The van der Waals surface area contributed by atoms with Crippen LogP contribution in [0.2, 0.25) is 0 Å². The minimum atomic E-state index is -4.63. The first-order chi connectivity index (χ1) is 7.21. The number of carboxylic acids is 1. The molecule has 90 valence electrons. The Morgan fingerprint density at radius 3 is 2.31 bits per heavy atom. The number of hydrogen-bond acceptors (Lipinski definition) is 1. The standard InChI is InChI=1S/C10H12F3NO2/c1-6(2)3-14-4-7(9(15)16)8(5-14)10(11,12)13/h4-6H,3H2,1-2H3,(H,15,16). The number of halogens is 3. The molecule has 0 aliphatic rings. The summed E-state index contributed by atoms with van der Waals surface area (Å²) in [4.78, 5) is 10.7. The summed E-state index contributed by atoms with van der Waals surface area (Å²) in [6.45, 7) is 4.04. The maximum atomic E-state index is 12.5. The number of aromatic nitrogens is 1. The quantitative estimate of drug-likeness (QED) is 0.875. The summed E-state index contributed by atoms with van der Waals surface area (Å²) in [5.41, 5.74) is -1.80. The summed E-state index contributed by atoms with van der Waals surface area (Å²) in [6.07, 6.45) is -2.77. The van der Waals surface area contributed by atoms with Crippen molar-refractivity contribution in [1.29, 1.82) is 0 Å². The van der Waals surface area contributed by atoms with E-state index in [2.05, 4.69) is 0 Å². The lowest BCUT2D eigenvalue weighted by molar-refractivity contribution is -0.138. The third-order valence-corrected chi connectivity index (χ3v) is 1.99. The SMILES string of the molecule is CC(C)Cn1cc(C(=O)O)c(C(F)(F)F)c1. The molecule has 0 saturated heterocycles. The molecule has 0 radical (unpaired) electrons. The van der Waals surface area contributed by atoms with Gasteiger partial charge in [-0.25, -0.2) is 4.79 Å². The van der Waals surface area contributed by atoms with Crippen molar-refractivity contribution in [2.24, 2.45) is 5.92 Å². The molecule has 0 atom stereocenters. The molecule has 1 rings (SSSR count). The zero-order chi connectivity index (χ0) is 12.5. The van der Waals surface area contributed by atoms with E-state index in [9.17, 15) is 18.0 Å². The Labute approximate surface area is 90.5 Å². The molecule has 0 bridgehead atoms. The van der Waals surface area contributed by atoms with Crippen LogP contribution in [0.3, 0.4) is 0 Å². The summed E-state index contributed by atoms with van der Waals surface area (Å²) in [5, 5.41) is 8.66. The minimum Gasteiger partial charge on any atom is -0.478 e. The fourth-order valence-electron chi connectivity index (χ4n) is 1.43. The van der Waals surface area contributed by atoms with Gasteiger partial charge in [0.25, 0.3) is 0 Å². The number of carbonyl (C=O) groups is 1. The van der Waals surface area contributed by atoms with E-state index >= 15 is 0 Å². The van der Waals surface area contributed by atoms with Gasteiger partial charge in [0.2, 0.25) is 0 Å². The van der Waals surface area contributed by atoms with E-state index < -0.39 is 23.3 Å². The number of hydrogen-bond donors (Lipinski definition) is 1. The summed E-state index contributed by atoms with van der Waals surface area (Å²) in [7, 11) is 0. The first-order valence-electron chi connectivity index (χ1n) is 4.72. The molecule has 0 spiro atoms. The monoisotopic (exact) mass is 235 g/mol. The van der Waals surface area contributed by atoms with Crippen molar-refractivity contribution < 1.29 is 23.1 Å². The van der Waals surface area contributed by atoms with E-state index in [1.54, 1.807) is 0 Å². The zero-order valence-corrected chi connectivity index (χ0v) is 8.88. The molecule has 1 aromatic rings. The molecule has 3 nitrogen and oxygen atoms in total. The lowest BCUT2D eigenvalue weighted by Crippen LogP contribution is -2.09. The smallest absolute Gasteiger partial charge is 0.418 e. The van der Waals surface area contributed by atoms with E-state index in [1.165, 1.54) is 4.57 Å². The molecule has 0 aliphatic heterocycles. The summed E-state index contributed by atoms with van der Waals surface area (Å²) < 4.78 is 38.7. The van der Waals surface area contributed by atoms with Crippen molar-refractivity contribution in [2.75, 3.05) is 0 Å². The van der Waals surface area contributed by atoms with E-state index in [0.717, 1.165) is 12.4 Å². The van der Waals surface area contributed by atoms with E-state index in [4.69, 9.17) is 5.11 Å². The first-order valence-corrected chi connectivity index (χ1v) is 4.72. The van der Waals surface area contributed by atoms with E-state index in [-0.39, 0.29) is 5.92 Å². The van der Waals surface area contributed by atoms with Crippen LogP contribution < -0.4 is 0 Å². The van der Waals surface area contributed by atoms with Gasteiger partial charge >= 0.3 is 12.1 Å². The van der Waals surface area contributed by atoms with Crippen molar-refractivity contribution >= 4 is 5.97 Å². The molecule has 0 amide bonds. The molecule has 0 saturated carbocycles. The molecule has 0 unspecified atom stereocenters. The highest BCUT2D eigenvalue weighted by molar-refractivity contribution is 5.89. The summed E-state index contributed by atoms with van der Waals surface area (Å²) in [5.74, 6) is -1.41. The highest BCUT2D eigenvalue weighted by Crippen LogP contribution is 2.32. The predicted molar refractivity (Wildman–Crippen MR) is 51.2 cm³/mol. The van der Waals surface area contributed by atoms with Crippen LogP contribution in [-0.2, 0) is 12.7 Å². The largest absolute Gasteiger partial charge is 0.478 e. The Kier molecular flexibility index (Phi) is 3.30. The van der Waals surface area contributed by atoms with Crippen LogP contribution in [0.5, 0.6) is 0 Å². The van der Waals surface area contributed by atoms with Gasteiger partial charge in [0.15, 0.2) is 0 Å². The molecule has 1 heterocycles. The van der Waals surface area contributed by atoms with Gasteiger partial charge in [-0.15, -0.1) is 0 Å². The van der Waals surface area contributed by atoms with Gasteiger partial charge in [0.1, 0.15) is 0 Å². The van der Waals surface area contributed by atoms with Crippen LogP contribution in [0.15, 0.2) is 12.4 Å². The lowest BCUT2D eigenvalue weighted by Gasteiger charge is -2.06. The number of aromatic carboxylic acids is 1. The van der Waals surface area contributed by atoms with Crippen LogP contribution >= 0.6 is 0 Å². The highest BCUT2D eigenvalue weighted by atomic mass is 19.4. The number of rotatable bonds is 3. The lowest BCUT2D eigenvalue weighted by atomic mass is 10.2. The maximum absolute atomic E-state index is 12.5. The first kappa shape index (κ1) is 12.6. The van der Waals surface area contributed by atoms with Gasteiger partial charge in [0, 0.05) is 18.9 Å². The van der Waals surface area contributed by atoms with Gasteiger partial charge in [-0.05, 0) is 5.92 Å². The van der Waals surface area contributed by atoms with Gasteiger partial charge in [-0.1, -0.05) is 13.8 Å². The van der Waals surface area contributed by atoms with Crippen LogP contribution in [0.25, 0.3) is 0 Å². The van der Waals surface area contributed by atoms with Gasteiger partial charge in [-0.2, -0.15) is 13.2 Å². The van der Waals surface area contributed by atoms with Crippen LogP contribution in [-0.4, -0.2) is 15.6 Å². The summed E-state index contributed by atoms with van der Waals surface area (Å²) in [6, 6.07) is 0. The Morgan fingerprint density at radius 2 is 2.00 bits per heavy atom. The average molecular weight is 235 g/mol. The number of alkyl halides is 3. The van der Waals surface area contributed by atoms with Crippen molar-refractivity contribution in [3.63, 3.8) is 0 Å².